The molecule has 0 radical (unpaired) electrons. The lowest BCUT2D eigenvalue weighted by atomic mass is 10.1. The zero-order valence-electron chi connectivity index (χ0n) is 13.1. The Labute approximate surface area is 139 Å². The number of aromatic nitrogens is 1. The highest BCUT2D eigenvalue weighted by atomic mass is 19.1. The Kier molecular flexibility index (Phi) is 4.52. The van der Waals surface area contributed by atoms with Crippen LogP contribution in [0.5, 0.6) is 0 Å². The third-order valence-corrected chi connectivity index (χ3v) is 3.47. The summed E-state index contributed by atoms with van der Waals surface area (Å²) in [6.07, 6.45) is 1.73. The molecule has 2 N–H and O–H groups in total. The van der Waals surface area contributed by atoms with Crippen LogP contribution in [0.2, 0.25) is 0 Å². The molecule has 5 heteroatoms. The van der Waals surface area contributed by atoms with E-state index in [4.69, 9.17) is 0 Å². The maximum absolute atomic E-state index is 13.7. The number of aryl methyl sites for hydroxylation is 1. The largest absolute Gasteiger partial charge is 0.323 e. The number of urea groups is 1. The summed E-state index contributed by atoms with van der Waals surface area (Å²) in [5, 5.41) is 5.19. The van der Waals surface area contributed by atoms with Crippen molar-refractivity contribution in [2.24, 2.45) is 0 Å². The van der Waals surface area contributed by atoms with Crippen LogP contribution < -0.4 is 10.6 Å². The summed E-state index contributed by atoms with van der Waals surface area (Å²) in [5.74, 6) is -0.471. The highest BCUT2D eigenvalue weighted by molar-refractivity contribution is 6.00. The van der Waals surface area contributed by atoms with Gasteiger partial charge in [0.05, 0.1) is 11.4 Å². The maximum atomic E-state index is 13.7. The van der Waals surface area contributed by atoms with Gasteiger partial charge in [0.1, 0.15) is 5.82 Å². The summed E-state index contributed by atoms with van der Waals surface area (Å²) in [4.78, 5) is 16.3. The Morgan fingerprint density at radius 2 is 1.79 bits per heavy atom. The lowest BCUT2D eigenvalue weighted by Crippen LogP contribution is -2.20. The molecule has 2 amide bonds. The van der Waals surface area contributed by atoms with Crippen molar-refractivity contribution in [3.63, 3.8) is 0 Å². The fraction of sp³-hybridized carbons (Fsp3) is 0.0526. The van der Waals surface area contributed by atoms with Crippen molar-refractivity contribution in [3.8, 4) is 11.3 Å². The van der Waals surface area contributed by atoms with Gasteiger partial charge in [0.2, 0.25) is 0 Å². The van der Waals surface area contributed by atoms with E-state index in [1.807, 2.05) is 37.3 Å². The van der Waals surface area contributed by atoms with Crippen molar-refractivity contribution in [3.05, 3.63) is 78.2 Å². The van der Waals surface area contributed by atoms with Gasteiger partial charge < -0.3 is 10.6 Å². The quantitative estimate of drug-likeness (QED) is 0.725. The molecule has 0 spiro atoms. The number of rotatable bonds is 3. The lowest BCUT2D eigenvalue weighted by molar-refractivity contribution is 0.262. The molecule has 0 aliphatic heterocycles. The van der Waals surface area contributed by atoms with E-state index in [9.17, 15) is 9.18 Å². The van der Waals surface area contributed by atoms with Crippen molar-refractivity contribution in [2.45, 2.75) is 6.92 Å². The van der Waals surface area contributed by atoms with Crippen LogP contribution in [-0.4, -0.2) is 11.0 Å². The zero-order chi connectivity index (χ0) is 16.9. The average molecular weight is 321 g/mol. The second kappa shape index (κ2) is 6.91. The lowest BCUT2D eigenvalue weighted by Gasteiger charge is -2.09. The van der Waals surface area contributed by atoms with Gasteiger partial charge in [-0.15, -0.1) is 0 Å². The molecule has 3 aromatic rings. The van der Waals surface area contributed by atoms with Gasteiger partial charge in [-0.05, 0) is 48.9 Å². The van der Waals surface area contributed by atoms with Crippen LogP contribution in [0.4, 0.5) is 20.6 Å². The van der Waals surface area contributed by atoms with Gasteiger partial charge >= 0.3 is 6.03 Å². The summed E-state index contributed by atoms with van der Waals surface area (Å²) >= 11 is 0. The fourth-order valence-corrected chi connectivity index (χ4v) is 2.28. The van der Waals surface area contributed by atoms with E-state index in [1.54, 1.807) is 30.5 Å². The number of halogens is 1. The third-order valence-electron chi connectivity index (χ3n) is 3.47. The topological polar surface area (TPSA) is 54.0 Å². The Hall–Kier alpha value is -3.21. The Bertz CT molecular complexity index is 848. The minimum absolute atomic E-state index is 0.151. The number of nitrogens with one attached hydrogen (secondary N) is 2. The van der Waals surface area contributed by atoms with E-state index < -0.39 is 11.8 Å². The Morgan fingerprint density at radius 3 is 2.50 bits per heavy atom. The highest BCUT2D eigenvalue weighted by Gasteiger charge is 2.07. The van der Waals surface area contributed by atoms with Crippen LogP contribution >= 0.6 is 0 Å². The number of nitrogens with zero attached hydrogens (tertiary/aromatic N) is 1. The minimum Gasteiger partial charge on any atom is -0.308 e. The van der Waals surface area contributed by atoms with Crippen LogP contribution in [0, 0.1) is 12.7 Å². The van der Waals surface area contributed by atoms with Gasteiger partial charge in [0.25, 0.3) is 0 Å². The molecule has 0 bridgehead atoms. The highest BCUT2D eigenvalue weighted by Crippen LogP contribution is 2.20. The van der Waals surface area contributed by atoms with Gasteiger partial charge in [-0.2, -0.15) is 0 Å². The van der Waals surface area contributed by atoms with Crippen LogP contribution in [0.3, 0.4) is 0 Å². The number of benzene rings is 2. The van der Waals surface area contributed by atoms with Crippen molar-refractivity contribution in [1.82, 2.24) is 4.98 Å². The van der Waals surface area contributed by atoms with Crippen molar-refractivity contribution in [2.75, 3.05) is 10.6 Å². The zero-order valence-corrected chi connectivity index (χ0v) is 13.1. The van der Waals surface area contributed by atoms with Gasteiger partial charge in [-0.3, -0.25) is 4.98 Å². The molecule has 0 atom stereocenters. The van der Waals surface area contributed by atoms with Gasteiger partial charge in [-0.1, -0.05) is 24.3 Å². The number of anilines is 2. The molecule has 0 unspecified atom stereocenters. The summed E-state index contributed by atoms with van der Waals surface area (Å²) in [5.41, 5.74) is 3.44. The Morgan fingerprint density at radius 1 is 1.00 bits per heavy atom. The smallest absolute Gasteiger partial charge is 0.308 e. The molecular formula is C19H16FN3O. The van der Waals surface area contributed by atoms with Crippen molar-refractivity contribution < 1.29 is 9.18 Å². The number of carbonyl (C=O) groups is 1. The van der Waals surface area contributed by atoms with E-state index >= 15 is 0 Å². The van der Waals surface area contributed by atoms with Crippen LogP contribution in [-0.2, 0) is 0 Å². The summed E-state index contributed by atoms with van der Waals surface area (Å²) in [6, 6.07) is 17.0. The first-order chi connectivity index (χ1) is 11.6. The number of hydrogen-bond donors (Lipinski definition) is 2. The number of amides is 2. The molecule has 2 aromatic carbocycles. The molecule has 1 aromatic heterocycles. The van der Waals surface area contributed by atoms with E-state index in [1.165, 1.54) is 6.07 Å². The van der Waals surface area contributed by atoms with E-state index in [0.29, 0.717) is 5.69 Å². The van der Waals surface area contributed by atoms with Gasteiger partial charge in [0.15, 0.2) is 0 Å². The SMILES string of the molecule is Cc1ccc(F)c(NC(=O)Nc2ccc(-c3ccccn3)cc2)c1. The third kappa shape index (κ3) is 3.76. The summed E-state index contributed by atoms with van der Waals surface area (Å²) in [7, 11) is 0. The molecule has 0 fully saturated rings. The van der Waals surface area contributed by atoms with Gasteiger partial charge in [0, 0.05) is 17.4 Å². The monoisotopic (exact) mass is 321 g/mol. The van der Waals surface area contributed by atoms with E-state index in [2.05, 4.69) is 15.6 Å². The first-order valence-corrected chi connectivity index (χ1v) is 7.47. The molecule has 120 valence electrons. The normalized spacial score (nSPS) is 10.2. The number of pyridine rings is 1. The second-order valence-electron chi connectivity index (χ2n) is 5.35. The first-order valence-electron chi connectivity index (χ1n) is 7.47. The molecule has 24 heavy (non-hydrogen) atoms. The molecular weight excluding hydrogens is 305 g/mol. The minimum atomic E-state index is -0.495. The molecule has 0 aliphatic carbocycles. The van der Waals surface area contributed by atoms with Crippen LogP contribution in [0.1, 0.15) is 5.56 Å². The number of hydrogen-bond acceptors (Lipinski definition) is 2. The molecule has 4 nitrogen and oxygen atoms in total. The number of carbonyl (C=O) groups excluding carboxylic acids is 1. The standard InChI is InChI=1S/C19H16FN3O/c1-13-5-10-16(20)18(12-13)23-19(24)22-15-8-6-14(7-9-15)17-4-2-3-11-21-17/h2-12H,1H3,(H2,22,23,24). The average Bonchev–Trinajstić information content (AvgIpc) is 2.59. The van der Waals surface area contributed by atoms with Crippen molar-refractivity contribution in [1.29, 1.82) is 0 Å². The predicted octanol–water partition coefficient (Wildman–Crippen LogP) is 4.84. The second-order valence-corrected chi connectivity index (χ2v) is 5.35. The fourth-order valence-electron chi connectivity index (χ4n) is 2.28. The van der Waals surface area contributed by atoms with Crippen molar-refractivity contribution >= 4 is 17.4 Å². The summed E-state index contributed by atoms with van der Waals surface area (Å²) in [6.45, 7) is 1.83. The van der Waals surface area contributed by atoms with Crippen LogP contribution in [0.15, 0.2) is 66.9 Å². The molecule has 1 heterocycles. The summed E-state index contributed by atoms with van der Waals surface area (Å²) < 4.78 is 13.7. The predicted molar refractivity (Wildman–Crippen MR) is 93.5 cm³/mol. The molecule has 0 saturated carbocycles. The first kappa shape index (κ1) is 15.7. The molecule has 3 rings (SSSR count). The van der Waals surface area contributed by atoms with Gasteiger partial charge in [-0.25, -0.2) is 9.18 Å². The van der Waals surface area contributed by atoms with E-state index in [-0.39, 0.29) is 5.69 Å². The van der Waals surface area contributed by atoms with E-state index in [0.717, 1.165) is 16.8 Å². The Balaban J connectivity index is 1.67. The molecule has 0 saturated heterocycles. The molecule has 0 aliphatic rings. The van der Waals surface area contributed by atoms with Crippen LogP contribution in [0.25, 0.3) is 11.3 Å². The maximum Gasteiger partial charge on any atom is 0.323 e.